The molecule has 0 aromatic carbocycles. The molecule has 1 aliphatic rings. The van der Waals surface area contributed by atoms with E-state index in [9.17, 15) is 4.21 Å². The molecule has 0 saturated carbocycles. The first-order chi connectivity index (χ1) is 6.94. The van der Waals surface area contributed by atoms with E-state index in [2.05, 4.69) is 24.4 Å². The zero-order chi connectivity index (χ0) is 11.5. The average molecular weight is 249 g/mol. The summed E-state index contributed by atoms with van der Waals surface area (Å²) < 4.78 is 13.8. The summed E-state index contributed by atoms with van der Waals surface area (Å²) in [5.74, 6) is 0.826. The Kier molecular flexibility index (Phi) is 5.13. The normalized spacial score (nSPS) is 22.9. The number of piperidine rings is 1. The molecule has 0 N–H and O–H groups in total. The van der Waals surface area contributed by atoms with Crippen LogP contribution < -0.4 is 0 Å². The highest BCUT2D eigenvalue weighted by atomic mass is 32.2. The fourth-order valence-electron chi connectivity index (χ4n) is 2.15. The third kappa shape index (κ3) is 4.45. The summed E-state index contributed by atoms with van der Waals surface area (Å²) in [4.78, 5) is 0. The Morgan fingerprint density at radius 1 is 1.40 bits per heavy atom. The van der Waals surface area contributed by atoms with Gasteiger partial charge in [0.1, 0.15) is 0 Å². The highest BCUT2D eigenvalue weighted by molar-refractivity contribution is 7.99. The summed E-state index contributed by atoms with van der Waals surface area (Å²) in [7, 11) is -0.764. The van der Waals surface area contributed by atoms with Crippen molar-refractivity contribution in [1.82, 2.24) is 4.31 Å². The lowest BCUT2D eigenvalue weighted by Gasteiger charge is -2.34. The number of hydrogen-bond donors (Lipinski definition) is 0. The van der Waals surface area contributed by atoms with Crippen LogP contribution >= 0.6 is 11.8 Å². The van der Waals surface area contributed by atoms with Gasteiger partial charge in [-0.3, -0.25) is 0 Å². The zero-order valence-corrected chi connectivity index (χ0v) is 11.9. The molecule has 1 fully saturated rings. The molecule has 1 atom stereocenters. The van der Waals surface area contributed by atoms with Crippen molar-refractivity contribution >= 4 is 22.7 Å². The fourth-order valence-corrected chi connectivity index (χ4v) is 3.28. The highest BCUT2D eigenvalue weighted by Crippen LogP contribution is 2.33. The van der Waals surface area contributed by atoms with Crippen molar-refractivity contribution < 1.29 is 4.21 Å². The van der Waals surface area contributed by atoms with Crippen molar-refractivity contribution in [2.75, 3.05) is 25.6 Å². The van der Waals surface area contributed by atoms with Gasteiger partial charge in [-0.2, -0.15) is 11.8 Å². The minimum atomic E-state index is -0.764. The van der Waals surface area contributed by atoms with Gasteiger partial charge in [0.05, 0.1) is 11.0 Å². The molecule has 90 valence electrons. The highest BCUT2D eigenvalue weighted by Gasteiger charge is 2.26. The van der Waals surface area contributed by atoms with Gasteiger partial charge in [-0.1, -0.05) is 13.8 Å². The molecule has 0 spiro atoms. The zero-order valence-electron chi connectivity index (χ0n) is 10.3. The van der Waals surface area contributed by atoms with Crippen LogP contribution in [0.25, 0.3) is 0 Å². The van der Waals surface area contributed by atoms with Crippen molar-refractivity contribution in [3.05, 3.63) is 0 Å². The van der Waals surface area contributed by atoms with E-state index in [1.807, 2.05) is 11.8 Å². The summed E-state index contributed by atoms with van der Waals surface area (Å²) in [6.45, 7) is 6.67. The molecule has 1 saturated heterocycles. The average Bonchev–Trinajstić information content (AvgIpc) is 2.18. The van der Waals surface area contributed by atoms with E-state index in [4.69, 9.17) is 0 Å². The van der Waals surface area contributed by atoms with Crippen molar-refractivity contribution in [3.8, 4) is 0 Å². The van der Waals surface area contributed by atoms with Crippen LogP contribution in [0.2, 0.25) is 0 Å². The molecule has 1 aliphatic heterocycles. The molecule has 1 unspecified atom stereocenters. The Labute approximate surface area is 101 Å². The Morgan fingerprint density at radius 2 is 1.93 bits per heavy atom. The molecular formula is C11H23NOS2. The van der Waals surface area contributed by atoms with Gasteiger partial charge in [0, 0.05) is 24.1 Å². The van der Waals surface area contributed by atoms with Crippen molar-refractivity contribution in [3.63, 3.8) is 0 Å². The molecule has 4 heteroatoms. The second-order valence-corrected chi connectivity index (χ2v) is 7.84. The van der Waals surface area contributed by atoms with Gasteiger partial charge in [-0.15, -0.1) is 0 Å². The summed E-state index contributed by atoms with van der Waals surface area (Å²) in [6.07, 6.45) is 7.69. The van der Waals surface area contributed by atoms with E-state index in [0.717, 1.165) is 19.0 Å². The smallest absolute Gasteiger partial charge is 0.0910 e. The van der Waals surface area contributed by atoms with Crippen LogP contribution in [-0.4, -0.2) is 38.9 Å². The Bertz CT molecular complexity index is 223. The lowest BCUT2D eigenvalue weighted by Crippen LogP contribution is -2.36. The van der Waals surface area contributed by atoms with E-state index < -0.39 is 11.0 Å². The van der Waals surface area contributed by atoms with Crippen molar-refractivity contribution in [2.45, 2.75) is 37.9 Å². The number of nitrogens with zero attached hydrogens (tertiary/aromatic N) is 1. The molecule has 0 aliphatic carbocycles. The van der Waals surface area contributed by atoms with Gasteiger partial charge in [0.15, 0.2) is 0 Å². The predicted molar refractivity (Wildman–Crippen MR) is 70.6 cm³/mol. The largest absolute Gasteiger partial charge is 0.243 e. The molecule has 0 amide bonds. The summed E-state index contributed by atoms with van der Waals surface area (Å²) in [6, 6.07) is 0. The first-order valence-corrected chi connectivity index (χ1v) is 8.32. The Morgan fingerprint density at radius 3 is 2.33 bits per heavy atom. The van der Waals surface area contributed by atoms with Crippen LogP contribution in [0.4, 0.5) is 0 Å². The lowest BCUT2D eigenvalue weighted by molar-refractivity contribution is 0.261. The maximum Gasteiger partial charge on any atom is 0.0910 e. The molecule has 15 heavy (non-hydrogen) atoms. The minimum absolute atomic E-state index is 0.401. The van der Waals surface area contributed by atoms with E-state index in [0.29, 0.717) is 4.75 Å². The number of thioether (sulfide) groups is 1. The molecule has 0 aromatic heterocycles. The first-order valence-electron chi connectivity index (χ1n) is 5.58. The monoisotopic (exact) mass is 249 g/mol. The predicted octanol–water partition coefficient (Wildman–Crippen LogP) is 2.52. The van der Waals surface area contributed by atoms with Gasteiger partial charge in [0.2, 0.25) is 0 Å². The second kappa shape index (κ2) is 5.69. The van der Waals surface area contributed by atoms with Crippen LogP contribution in [0.3, 0.4) is 0 Å². The van der Waals surface area contributed by atoms with Crippen LogP contribution in [0.5, 0.6) is 0 Å². The molecule has 0 aromatic rings. The van der Waals surface area contributed by atoms with Crippen LogP contribution in [0, 0.1) is 5.92 Å². The third-order valence-corrected chi connectivity index (χ3v) is 5.63. The molecular weight excluding hydrogens is 226 g/mol. The van der Waals surface area contributed by atoms with Gasteiger partial charge in [-0.05, 0) is 31.4 Å². The molecule has 1 heterocycles. The van der Waals surface area contributed by atoms with Crippen molar-refractivity contribution in [1.29, 1.82) is 0 Å². The second-order valence-electron chi connectivity index (χ2n) is 4.96. The number of rotatable bonds is 4. The third-order valence-electron chi connectivity index (χ3n) is 3.27. The summed E-state index contributed by atoms with van der Waals surface area (Å²) >= 11 is 1.95. The summed E-state index contributed by atoms with van der Waals surface area (Å²) in [5.41, 5.74) is 0. The van der Waals surface area contributed by atoms with E-state index in [1.54, 1.807) is 6.26 Å². The summed E-state index contributed by atoms with van der Waals surface area (Å²) in [5, 5.41) is 0. The topological polar surface area (TPSA) is 20.3 Å². The fraction of sp³-hybridized carbons (Fsp3) is 1.00. The molecule has 2 nitrogen and oxygen atoms in total. The molecule has 0 radical (unpaired) electrons. The SMILES string of the molecule is CSC(C)(C)CC1CCN(S(C)=O)CC1. The lowest BCUT2D eigenvalue weighted by atomic mass is 9.89. The van der Waals surface area contributed by atoms with E-state index >= 15 is 0 Å². The Balaban J connectivity index is 2.35. The minimum Gasteiger partial charge on any atom is -0.243 e. The maximum atomic E-state index is 11.3. The van der Waals surface area contributed by atoms with Gasteiger partial charge in [0.25, 0.3) is 0 Å². The Hall–Kier alpha value is 0.460. The molecule has 1 rings (SSSR count). The molecule has 0 bridgehead atoms. The van der Waals surface area contributed by atoms with Crippen LogP contribution in [-0.2, 0) is 11.0 Å². The van der Waals surface area contributed by atoms with E-state index in [1.165, 1.54) is 19.3 Å². The van der Waals surface area contributed by atoms with Gasteiger partial charge >= 0.3 is 0 Å². The van der Waals surface area contributed by atoms with Crippen LogP contribution in [0.15, 0.2) is 0 Å². The first kappa shape index (κ1) is 13.5. The van der Waals surface area contributed by atoms with Crippen molar-refractivity contribution in [2.24, 2.45) is 5.92 Å². The number of hydrogen-bond acceptors (Lipinski definition) is 2. The van der Waals surface area contributed by atoms with Gasteiger partial charge in [-0.25, -0.2) is 8.51 Å². The van der Waals surface area contributed by atoms with Crippen LogP contribution in [0.1, 0.15) is 33.1 Å². The quantitative estimate of drug-likeness (QED) is 0.763. The standard InChI is InChI=1S/C11H23NOS2/c1-11(2,14-3)9-10-5-7-12(8-6-10)15(4)13/h10H,5-9H2,1-4H3. The van der Waals surface area contributed by atoms with E-state index in [-0.39, 0.29) is 0 Å². The van der Waals surface area contributed by atoms with Gasteiger partial charge < -0.3 is 0 Å². The maximum absolute atomic E-state index is 11.3.